The van der Waals surface area contributed by atoms with E-state index in [0.29, 0.717) is 16.7 Å². The first-order valence-electron chi connectivity index (χ1n) is 6.26. The van der Waals surface area contributed by atoms with E-state index in [1.165, 1.54) is 36.4 Å². The van der Waals surface area contributed by atoms with E-state index in [1.54, 1.807) is 6.07 Å². The molecule has 0 bridgehead atoms. The largest absolute Gasteiger partial charge is 0.423 e. The Bertz CT molecular complexity index is 994. The van der Waals surface area contributed by atoms with Crippen LogP contribution in [0.2, 0.25) is 0 Å². The molecule has 7 heteroatoms. The third-order valence-corrected chi connectivity index (χ3v) is 4.39. The van der Waals surface area contributed by atoms with Gasteiger partial charge in [-0.2, -0.15) is 0 Å². The molecule has 0 unspecified atom stereocenters. The van der Waals surface area contributed by atoms with Gasteiger partial charge in [-0.25, -0.2) is 17.6 Å². The topological polar surface area (TPSA) is 76.4 Å². The van der Waals surface area contributed by atoms with E-state index in [2.05, 4.69) is 4.72 Å². The molecule has 0 radical (unpaired) electrons. The van der Waals surface area contributed by atoms with Gasteiger partial charge in [-0.05, 0) is 48.5 Å². The van der Waals surface area contributed by atoms with Crippen LogP contribution in [-0.2, 0) is 10.0 Å². The molecule has 0 aliphatic heterocycles. The van der Waals surface area contributed by atoms with Crippen LogP contribution >= 0.6 is 0 Å². The van der Waals surface area contributed by atoms with Crippen LogP contribution in [0.25, 0.3) is 11.0 Å². The van der Waals surface area contributed by atoms with Crippen molar-refractivity contribution in [2.75, 3.05) is 4.72 Å². The van der Waals surface area contributed by atoms with Crippen LogP contribution < -0.4 is 10.3 Å². The van der Waals surface area contributed by atoms with Crippen LogP contribution in [-0.4, -0.2) is 8.42 Å². The highest BCUT2D eigenvalue weighted by atomic mass is 32.2. The van der Waals surface area contributed by atoms with Crippen molar-refractivity contribution >= 4 is 26.7 Å². The fraction of sp³-hybridized carbons (Fsp3) is 0. The Kier molecular flexibility index (Phi) is 3.42. The van der Waals surface area contributed by atoms with E-state index < -0.39 is 21.5 Å². The van der Waals surface area contributed by atoms with E-state index in [4.69, 9.17) is 4.42 Å². The molecular weight excluding hydrogens is 309 g/mol. The number of rotatable bonds is 3. The molecule has 0 aliphatic rings. The summed E-state index contributed by atoms with van der Waals surface area (Å²) in [4.78, 5) is 11.1. The number of fused-ring (bicyclic) bond motifs is 1. The molecular formula is C15H10FNO4S. The maximum absolute atomic E-state index is 12.9. The molecule has 0 amide bonds. The molecule has 0 fully saturated rings. The zero-order valence-electron chi connectivity index (χ0n) is 11.1. The summed E-state index contributed by atoms with van der Waals surface area (Å²) in [5, 5.41) is 0.582. The minimum atomic E-state index is -3.82. The summed E-state index contributed by atoms with van der Waals surface area (Å²) in [6, 6.07) is 11.8. The molecule has 112 valence electrons. The molecule has 1 aromatic heterocycles. The average molecular weight is 319 g/mol. The zero-order chi connectivity index (χ0) is 15.7. The number of hydrogen-bond acceptors (Lipinski definition) is 4. The number of sulfonamides is 1. The zero-order valence-corrected chi connectivity index (χ0v) is 11.9. The number of anilines is 1. The second-order valence-electron chi connectivity index (χ2n) is 4.57. The lowest BCUT2D eigenvalue weighted by molar-refractivity contribution is 0.561. The minimum absolute atomic E-state index is 0.0476. The van der Waals surface area contributed by atoms with Crippen LogP contribution in [0.4, 0.5) is 10.1 Å². The summed E-state index contributed by atoms with van der Waals surface area (Å²) in [7, 11) is -3.82. The van der Waals surface area contributed by atoms with Crippen molar-refractivity contribution in [1.82, 2.24) is 0 Å². The van der Waals surface area contributed by atoms with Crippen molar-refractivity contribution in [2.24, 2.45) is 0 Å². The molecule has 5 nitrogen and oxygen atoms in total. The quantitative estimate of drug-likeness (QED) is 0.753. The fourth-order valence-electron chi connectivity index (χ4n) is 1.96. The minimum Gasteiger partial charge on any atom is -0.423 e. The molecule has 1 N–H and O–H groups in total. The van der Waals surface area contributed by atoms with Crippen molar-refractivity contribution in [3.05, 3.63) is 70.8 Å². The molecule has 22 heavy (non-hydrogen) atoms. The predicted octanol–water partition coefficient (Wildman–Crippen LogP) is 2.73. The van der Waals surface area contributed by atoms with Crippen molar-refractivity contribution < 1.29 is 17.2 Å². The Balaban J connectivity index is 1.96. The SMILES string of the molecule is O=c1ccc2cc(NS(=O)(=O)c3ccc(F)cc3)ccc2o1. The third-order valence-electron chi connectivity index (χ3n) is 3.00. The Morgan fingerprint density at radius 1 is 0.955 bits per heavy atom. The summed E-state index contributed by atoms with van der Waals surface area (Å²) >= 11 is 0. The Morgan fingerprint density at radius 3 is 2.41 bits per heavy atom. The molecule has 1 heterocycles. The summed E-state index contributed by atoms with van der Waals surface area (Å²) in [5.74, 6) is -0.514. The molecule has 3 aromatic rings. The van der Waals surface area contributed by atoms with Gasteiger partial charge in [-0.15, -0.1) is 0 Å². The Labute approximate surface area is 125 Å². The molecule has 0 saturated carbocycles. The summed E-state index contributed by atoms with van der Waals surface area (Å²) in [5.41, 5.74) is 0.190. The van der Waals surface area contributed by atoms with Crippen molar-refractivity contribution in [2.45, 2.75) is 4.90 Å². The van der Waals surface area contributed by atoms with Crippen LogP contribution in [0.15, 0.2) is 68.7 Å². The standard InChI is InChI=1S/C15H10FNO4S/c16-11-2-5-13(6-3-11)22(19,20)17-12-4-7-14-10(9-12)1-8-15(18)21-14/h1-9,17H. The van der Waals surface area contributed by atoms with Crippen LogP contribution in [0.5, 0.6) is 0 Å². The normalized spacial score (nSPS) is 11.5. The molecule has 0 spiro atoms. The van der Waals surface area contributed by atoms with E-state index in [-0.39, 0.29) is 4.90 Å². The predicted molar refractivity (Wildman–Crippen MR) is 79.7 cm³/mol. The highest BCUT2D eigenvalue weighted by molar-refractivity contribution is 7.92. The van der Waals surface area contributed by atoms with Crippen LogP contribution in [0.1, 0.15) is 0 Å². The molecule has 0 atom stereocenters. The number of halogens is 1. The number of benzene rings is 2. The van der Waals surface area contributed by atoms with Gasteiger partial charge >= 0.3 is 5.63 Å². The monoisotopic (exact) mass is 319 g/mol. The van der Waals surface area contributed by atoms with E-state index >= 15 is 0 Å². The summed E-state index contributed by atoms with van der Waals surface area (Å²) in [6.07, 6.45) is 0. The molecule has 3 rings (SSSR count). The molecule has 0 saturated heterocycles. The van der Waals surface area contributed by atoms with Gasteiger partial charge in [0.2, 0.25) is 0 Å². The Hall–Kier alpha value is -2.67. The first-order valence-corrected chi connectivity index (χ1v) is 7.75. The van der Waals surface area contributed by atoms with Gasteiger partial charge in [-0.3, -0.25) is 4.72 Å². The van der Waals surface area contributed by atoms with Gasteiger partial charge < -0.3 is 4.42 Å². The lowest BCUT2D eigenvalue weighted by atomic mass is 10.2. The third kappa shape index (κ3) is 2.84. The van der Waals surface area contributed by atoms with E-state index in [1.807, 2.05) is 0 Å². The van der Waals surface area contributed by atoms with Gasteiger partial charge in [-0.1, -0.05) is 0 Å². The van der Waals surface area contributed by atoms with Crippen LogP contribution in [0.3, 0.4) is 0 Å². The lowest BCUT2D eigenvalue weighted by Gasteiger charge is -2.08. The Morgan fingerprint density at radius 2 is 1.68 bits per heavy atom. The highest BCUT2D eigenvalue weighted by Crippen LogP contribution is 2.21. The molecule has 2 aromatic carbocycles. The van der Waals surface area contributed by atoms with Gasteiger partial charge in [0.15, 0.2) is 0 Å². The summed E-state index contributed by atoms with van der Waals surface area (Å²) in [6.45, 7) is 0. The van der Waals surface area contributed by atoms with Crippen molar-refractivity contribution in [3.63, 3.8) is 0 Å². The first kappa shape index (κ1) is 14.3. The lowest BCUT2D eigenvalue weighted by Crippen LogP contribution is -2.12. The average Bonchev–Trinajstić information content (AvgIpc) is 2.47. The second-order valence-corrected chi connectivity index (χ2v) is 6.25. The smallest absolute Gasteiger partial charge is 0.336 e. The van der Waals surface area contributed by atoms with Gasteiger partial charge in [0, 0.05) is 17.1 Å². The van der Waals surface area contributed by atoms with Gasteiger partial charge in [0.1, 0.15) is 11.4 Å². The van der Waals surface area contributed by atoms with E-state index in [9.17, 15) is 17.6 Å². The highest BCUT2D eigenvalue weighted by Gasteiger charge is 2.14. The molecule has 0 aliphatic carbocycles. The second kappa shape index (κ2) is 5.27. The first-order chi connectivity index (χ1) is 10.4. The van der Waals surface area contributed by atoms with Gasteiger partial charge in [0.25, 0.3) is 10.0 Å². The summed E-state index contributed by atoms with van der Waals surface area (Å²) < 4.78 is 44.6. The van der Waals surface area contributed by atoms with Gasteiger partial charge in [0.05, 0.1) is 4.90 Å². The van der Waals surface area contributed by atoms with Crippen molar-refractivity contribution in [1.29, 1.82) is 0 Å². The number of nitrogens with one attached hydrogen (secondary N) is 1. The van der Waals surface area contributed by atoms with Crippen LogP contribution in [0, 0.1) is 5.82 Å². The fourth-order valence-corrected chi connectivity index (χ4v) is 3.01. The maximum Gasteiger partial charge on any atom is 0.336 e. The maximum atomic E-state index is 12.9. The number of hydrogen-bond donors (Lipinski definition) is 1. The van der Waals surface area contributed by atoms with E-state index in [0.717, 1.165) is 12.1 Å². The van der Waals surface area contributed by atoms with Crippen molar-refractivity contribution in [3.8, 4) is 0 Å².